The number of para-hydroxylation sites is 1. The standard InChI is InChI=1S/C26H23FN4O3/c1-16-24(26(33)31(30(16)2)18-6-4-3-5-7-18)21(32)15-17-8-9-23(20(27)14-17)34-22-11-13-29-25-19(22)10-12-28-25/h3-9,11,13-14H,10,12,15H2,1-2H3,(H,28,29). The van der Waals surface area contributed by atoms with Gasteiger partial charge in [0.1, 0.15) is 17.1 Å². The van der Waals surface area contributed by atoms with Crippen molar-refractivity contribution in [1.29, 1.82) is 0 Å². The maximum Gasteiger partial charge on any atom is 0.282 e. The average Bonchev–Trinajstić information content (AvgIpc) is 3.39. The number of ketones is 1. The van der Waals surface area contributed by atoms with Gasteiger partial charge in [0.25, 0.3) is 5.56 Å². The maximum atomic E-state index is 14.9. The van der Waals surface area contributed by atoms with Crippen LogP contribution in [0.25, 0.3) is 5.69 Å². The fraction of sp³-hybridized carbons (Fsp3) is 0.192. The Morgan fingerprint density at radius 1 is 1.15 bits per heavy atom. The first-order valence-corrected chi connectivity index (χ1v) is 11.0. The minimum absolute atomic E-state index is 0.0684. The quantitative estimate of drug-likeness (QED) is 0.438. The van der Waals surface area contributed by atoms with E-state index < -0.39 is 11.4 Å². The molecule has 1 aliphatic rings. The summed E-state index contributed by atoms with van der Waals surface area (Å²) in [5.74, 6) is 0.435. The van der Waals surface area contributed by atoms with Crippen LogP contribution in [0.15, 0.2) is 65.6 Å². The lowest BCUT2D eigenvalue weighted by molar-refractivity contribution is 0.0991. The van der Waals surface area contributed by atoms with Crippen molar-refractivity contribution >= 4 is 11.6 Å². The molecule has 0 saturated heterocycles. The highest BCUT2D eigenvalue weighted by Gasteiger charge is 2.23. The first-order chi connectivity index (χ1) is 16.4. The molecule has 0 atom stereocenters. The fourth-order valence-corrected chi connectivity index (χ4v) is 4.29. The molecule has 0 saturated carbocycles. The van der Waals surface area contributed by atoms with E-state index in [4.69, 9.17) is 4.74 Å². The van der Waals surface area contributed by atoms with Gasteiger partial charge in [0, 0.05) is 37.5 Å². The molecule has 172 valence electrons. The molecule has 2 aromatic heterocycles. The van der Waals surface area contributed by atoms with Crippen molar-refractivity contribution in [2.75, 3.05) is 11.9 Å². The molecular weight excluding hydrogens is 435 g/mol. The summed E-state index contributed by atoms with van der Waals surface area (Å²) < 4.78 is 23.8. The Balaban J connectivity index is 1.39. The number of benzene rings is 2. The van der Waals surface area contributed by atoms with Gasteiger partial charge in [0.2, 0.25) is 0 Å². The van der Waals surface area contributed by atoms with E-state index in [1.165, 1.54) is 16.8 Å². The third kappa shape index (κ3) is 3.77. The normalized spacial score (nSPS) is 12.3. The van der Waals surface area contributed by atoms with E-state index >= 15 is 0 Å². The van der Waals surface area contributed by atoms with Crippen LogP contribution in [0.2, 0.25) is 0 Å². The number of aromatic nitrogens is 3. The number of pyridine rings is 1. The lowest BCUT2D eigenvalue weighted by Gasteiger charge is -2.11. The summed E-state index contributed by atoms with van der Waals surface area (Å²) in [6.07, 6.45) is 2.27. The first kappa shape index (κ1) is 21.6. The molecule has 0 radical (unpaired) electrons. The zero-order valence-electron chi connectivity index (χ0n) is 18.8. The van der Waals surface area contributed by atoms with Crippen molar-refractivity contribution in [3.8, 4) is 17.2 Å². The highest BCUT2D eigenvalue weighted by atomic mass is 19.1. The molecule has 0 aliphatic carbocycles. The predicted octanol–water partition coefficient (Wildman–Crippen LogP) is 4.20. The van der Waals surface area contributed by atoms with E-state index in [2.05, 4.69) is 10.3 Å². The third-order valence-corrected chi connectivity index (χ3v) is 6.09. The van der Waals surface area contributed by atoms with Gasteiger partial charge in [-0.3, -0.25) is 14.3 Å². The van der Waals surface area contributed by atoms with Crippen LogP contribution < -0.4 is 15.6 Å². The molecule has 3 heterocycles. The average molecular weight is 458 g/mol. The summed E-state index contributed by atoms with van der Waals surface area (Å²) in [7, 11) is 1.73. The molecule has 1 aliphatic heterocycles. The van der Waals surface area contributed by atoms with E-state index in [-0.39, 0.29) is 23.5 Å². The van der Waals surface area contributed by atoms with Gasteiger partial charge in [0.15, 0.2) is 17.3 Å². The summed E-state index contributed by atoms with van der Waals surface area (Å²) in [6, 6.07) is 15.3. The number of Topliss-reactive ketones (excluding diaryl/α,β-unsaturated/α-hetero) is 1. The number of nitrogens with one attached hydrogen (secondary N) is 1. The van der Waals surface area contributed by atoms with Crippen molar-refractivity contribution < 1.29 is 13.9 Å². The Kier molecular flexibility index (Phi) is 5.49. The van der Waals surface area contributed by atoms with Crippen molar-refractivity contribution in [1.82, 2.24) is 14.3 Å². The first-order valence-electron chi connectivity index (χ1n) is 11.0. The molecule has 2 aromatic carbocycles. The van der Waals surface area contributed by atoms with Gasteiger partial charge < -0.3 is 10.1 Å². The number of carbonyl (C=O) groups excluding carboxylic acids is 1. The van der Waals surface area contributed by atoms with Gasteiger partial charge in [0.05, 0.1) is 5.69 Å². The molecule has 7 nitrogen and oxygen atoms in total. The van der Waals surface area contributed by atoms with Crippen molar-refractivity contribution in [2.45, 2.75) is 19.8 Å². The van der Waals surface area contributed by atoms with Crippen LogP contribution in [0, 0.1) is 12.7 Å². The van der Waals surface area contributed by atoms with E-state index in [0.29, 0.717) is 22.7 Å². The van der Waals surface area contributed by atoms with Gasteiger partial charge >= 0.3 is 0 Å². The minimum atomic E-state index is -0.576. The Morgan fingerprint density at radius 2 is 1.94 bits per heavy atom. The van der Waals surface area contributed by atoms with Crippen molar-refractivity contribution in [3.05, 3.63) is 99.3 Å². The van der Waals surface area contributed by atoms with Crippen molar-refractivity contribution in [3.63, 3.8) is 0 Å². The predicted molar refractivity (Wildman–Crippen MR) is 127 cm³/mol. The molecule has 0 amide bonds. The Hall–Kier alpha value is -4.20. The number of nitrogens with zero attached hydrogens (tertiary/aromatic N) is 3. The zero-order valence-corrected chi connectivity index (χ0v) is 18.8. The number of hydrogen-bond acceptors (Lipinski definition) is 5. The lowest BCUT2D eigenvalue weighted by Crippen LogP contribution is -2.23. The van der Waals surface area contributed by atoms with Gasteiger partial charge in [-0.25, -0.2) is 14.1 Å². The van der Waals surface area contributed by atoms with Crippen LogP contribution in [0.4, 0.5) is 10.2 Å². The van der Waals surface area contributed by atoms with Gasteiger partial charge in [-0.2, -0.15) is 0 Å². The Morgan fingerprint density at radius 3 is 2.71 bits per heavy atom. The summed E-state index contributed by atoms with van der Waals surface area (Å²) in [5, 5.41) is 3.16. The van der Waals surface area contributed by atoms with Crippen molar-refractivity contribution in [2.24, 2.45) is 7.05 Å². The fourth-order valence-electron chi connectivity index (χ4n) is 4.29. The molecular formula is C26H23FN4O3. The largest absolute Gasteiger partial charge is 0.454 e. The van der Waals surface area contributed by atoms with Crippen LogP contribution in [-0.2, 0) is 19.9 Å². The van der Waals surface area contributed by atoms with Crippen LogP contribution >= 0.6 is 0 Å². The third-order valence-electron chi connectivity index (χ3n) is 6.09. The Labute approximate surface area is 195 Å². The maximum absolute atomic E-state index is 14.9. The van der Waals surface area contributed by atoms with E-state index in [1.54, 1.807) is 49.1 Å². The number of hydrogen-bond donors (Lipinski definition) is 1. The van der Waals surface area contributed by atoms with Gasteiger partial charge in [-0.1, -0.05) is 24.3 Å². The number of anilines is 1. The number of rotatable bonds is 6. The monoisotopic (exact) mass is 458 g/mol. The molecule has 4 aromatic rings. The topological polar surface area (TPSA) is 78.2 Å². The molecule has 8 heteroatoms. The second kappa shape index (κ2) is 8.62. The molecule has 0 unspecified atom stereocenters. The molecule has 0 spiro atoms. The molecule has 0 bridgehead atoms. The highest BCUT2D eigenvalue weighted by molar-refractivity contribution is 5.98. The van der Waals surface area contributed by atoms with Gasteiger partial charge in [-0.05, 0) is 49.2 Å². The minimum Gasteiger partial charge on any atom is -0.454 e. The molecule has 1 N–H and O–H groups in total. The molecule has 34 heavy (non-hydrogen) atoms. The highest BCUT2D eigenvalue weighted by Crippen LogP contribution is 2.33. The van der Waals surface area contributed by atoms with Crippen LogP contribution in [-0.4, -0.2) is 26.7 Å². The second-order valence-electron chi connectivity index (χ2n) is 8.22. The number of carbonyl (C=O) groups is 1. The van der Waals surface area contributed by atoms with E-state index in [1.807, 2.05) is 18.2 Å². The zero-order chi connectivity index (χ0) is 23.8. The lowest BCUT2D eigenvalue weighted by atomic mass is 10.0. The van der Waals surface area contributed by atoms with Crippen LogP contribution in [0.1, 0.15) is 27.2 Å². The van der Waals surface area contributed by atoms with Crippen LogP contribution in [0.3, 0.4) is 0 Å². The smallest absolute Gasteiger partial charge is 0.282 e. The SMILES string of the molecule is Cc1c(C(=O)Cc2ccc(Oc3ccnc4c3CCN4)c(F)c2)c(=O)n(-c2ccccc2)n1C. The molecule has 0 fully saturated rings. The van der Waals surface area contributed by atoms with Crippen LogP contribution in [0.5, 0.6) is 11.5 Å². The summed E-state index contributed by atoms with van der Waals surface area (Å²) >= 11 is 0. The number of halogens is 1. The number of fused-ring (bicyclic) bond motifs is 1. The van der Waals surface area contributed by atoms with E-state index in [9.17, 15) is 14.0 Å². The summed E-state index contributed by atoms with van der Waals surface area (Å²) in [6.45, 7) is 2.49. The molecule has 5 rings (SSSR count). The Bertz CT molecular complexity index is 1460. The van der Waals surface area contributed by atoms with E-state index in [0.717, 1.165) is 24.3 Å². The number of ether oxygens (including phenoxy) is 1. The van der Waals surface area contributed by atoms with Gasteiger partial charge in [-0.15, -0.1) is 0 Å². The summed E-state index contributed by atoms with van der Waals surface area (Å²) in [5.41, 5.74) is 2.31. The second-order valence-corrected chi connectivity index (χ2v) is 8.22. The summed E-state index contributed by atoms with van der Waals surface area (Å²) in [4.78, 5) is 30.4.